The maximum Gasteiger partial charge on any atom is 0.416 e. The molecule has 2 rings (SSSR count). The van der Waals surface area contributed by atoms with Crippen molar-refractivity contribution in [2.75, 3.05) is 0 Å². The molecule has 1 heterocycles. The Morgan fingerprint density at radius 3 is 2.85 bits per heavy atom. The van der Waals surface area contributed by atoms with E-state index in [-0.39, 0.29) is 0 Å². The molecule has 1 aromatic carbocycles. The van der Waals surface area contributed by atoms with Gasteiger partial charge in [0.05, 0.1) is 5.52 Å². The molecule has 1 N–H and O–H groups in total. The summed E-state index contributed by atoms with van der Waals surface area (Å²) in [5.74, 6) is 0. The van der Waals surface area contributed by atoms with Crippen LogP contribution >= 0.6 is 0 Å². The number of hydrogen-bond donors (Lipinski definition) is 1. The fourth-order valence-corrected chi connectivity index (χ4v) is 1.53. The third kappa shape index (κ3) is 1.09. The smallest absolute Gasteiger partial charge is 0.416 e. The molecule has 0 radical (unpaired) electrons. The number of carboxylic acid groups (broad SMARTS) is 1. The average molecular weight is 175 g/mol. The van der Waals surface area contributed by atoms with E-state index in [1.54, 1.807) is 12.3 Å². The molecule has 0 aliphatic carbocycles. The fourth-order valence-electron chi connectivity index (χ4n) is 1.53. The van der Waals surface area contributed by atoms with Gasteiger partial charge in [0, 0.05) is 11.6 Å². The lowest BCUT2D eigenvalue weighted by atomic mass is 10.2. The van der Waals surface area contributed by atoms with Crippen molar-refractivity contribution in [1.82, 2.24) is 4.57 Å². The summed E-state index contributed by atoms with van der Waals surface area (Å²) in [5, 5.41) is 9.82. The number of rotatable bonds is 0. The van der Waals surface area contributed by atoms with Crippen LogP contribution in [-0.2, 0) is 0 Å². The zero-order valence-electron chi connectivity index (χ0n) is 7.19. The summed E-state index contributed by atoms with van der Waals surface area (Å²) >= 11 is 0. The second kappa shape index (κ2) is 2.62. The van der Waals surface area contributed by atoms with E-state index in [2.05, 4.69) is 0 Å². The van der Waals surface area contributed by atoms with E-state index < -0.39 is 6.09 Å². The van der Waals surface area contributed by atoms with Crippen molar-refractivity contribution < 1.29 is 9.90 Å². The molecule has 0 atom stereocenters. The third-order valence-electron chi connectivity index (χ3n) is 2.12. The van der Waals surface area contributed by atoms with Crippen LogP contribution in [-0.4, -0.2) is 15.8 Å². The summed E-state index contributed by atoms with van der Waals surface area (Å²) in [5.41, 5.74) is 1.75. The van der Waals surface area contributed by atoms with Crippen LogP contribution in [0.2, 0.25) is 0 Å². The number of benzene rings is 1. The van der Waals surface area contributed by atoms with Crippen LogP contribution in [0.5, 0.6) is 0 Å². The van der Waals surface area contributed by atoms with Crippen LogP contribution in [0, 0.1) is 6.92 Å². The van der Waals surface area contributed by atoms with Gasteiger partial charge in [-0.3, -0.25) is 4.57 Å². The maximum absolute atomic E-state index is 10.8. The van der Waals surface area contributed by atoms with Crippen LogP contribution in [0.3, 0.4) is 0 Å². The molecule has 3 nitrogen and oxygen atoms in total. The van der Waals surface area contributed by atoms with Crippen molar-refractivity contribution in [2.45, 2.75) is 6.92 Å². The standard InChI is InChI=1S/C10H9NO2/c1-7-3-2-4-8-5-6-11(9(7)8)10(12)13/h2-6H,1H3,(H,12,13). The van der Waals surface area contributed by atoms with E-state index in [0.717, 1.165) is 16.5 Å². The van der Waals surface area contributed by atoms with E-state index >= 15 is 0 Å². The number of carbonyl (C=O) groups is 1. The molecule has 66 valence electrons. The highest BCUT2D eigenvalue weighted by Gasteiger charge is 2.07. The first-order valence-corrected chi connectivity index (χ1v) is 4.00. The number of aryl methyl sites for hydroxylation is 1. The molecular formula is C10H9NO2. The molecule has 13 heavy (non-hydrogen) atoms. The summed E-state index contributed by atoms with van der Waals surface area (Å²) in [6, 6.07) is 7.53. The van der Waals surface area contributed by atoms with Gasteiger partial charge in [0.1, 0.15) is 0 Å². The minimum atomic E-state index is -0.940. The number of hydrogen-bond acceptors (Lipinski definition) is 1. The molecule has 0 aliphatic rings. The Morgan fingerprint density at radius 2 is 2.15 bits per heavy atom. The number of aromatic nitrogens is 1. The van der Waals surface area contributed by atoms with Gasteiger partial charge in [0.2, 0.25) is 0 Å². The van der Waals surface area contributed by atoms with Gasteiger partial charge < -0.3 is 5.11 Å². The van der Waals surface area contributed by atoms with Crippen LogP contribution in [0.4, 0.5) is 4.79 Å². The minimum absolute atomic E-state index is 0.773. The Hall–Kier alpha value is -1.77. The number of nitrogens with zero attached hydrogens (tertiary/aromatic N) is 1. The molecule has 3 heteroatoms. The van der Waals surface area contributed by atoms with Crippen molar-refractivity contribution >= 4 is 17.0 Å². The first-order valence-electron chi connectivity index (χ1n) is 4.00. The summed E-state index contributed by atoms with van der Waals surface area (Å²) in [6.45, 7) is 1.90. The Kier molecular flexibility index (Phi) is 1.59. The highest BCUT2D eigenvalue weighted by Crippen LogP contribution is 2.18. The van der Waals surface area contributed by atoms with Gasteiger partial charge in [-0.15, -0.1) is 0 Å². The molecule has 0 fully saturated rings. The predicted octanol–water partition coefficient (Wildman–Crippen LogP) is 2.48. The largest absolute Gasteiger partial charge is 0.464 e. The van der Waals surface area contributed by atoms with Gasteiger partial charge in [0.15, 0.2) is 0 Å². The highest BCUT2D eigenvalue weighted by atomic mass is 16.4. The Labute approximate surface area is 75.2 Å². The van der Waals surface area contributed by atoms with Crippen LogP contribution in [0.1, 0.15) is 5.56 Å². The Balaban J connectivity index is 2.86. The highest BCUT2D eigenvalue weighted by molar-refractivity contribution is 5.90. The SMILES string of the molecule is Cc1cccc2ccn(C(=O)O)c12. The molecular weight excluding hydrogens is 166 g/mol. The van der Waals surface area contributed by atoms with Crippen molar-refractivity contribution in [3.05, 3.63) is 36.0 Å². The van der Waals surface area contributed by atoms with Crippen LogP contribution in [0.15, 0.2) is 30.5 Å². The van der Waals surface area contributed by atoms with Gasteiger partial charge in [0.25, 0.3) is 0 Å². The topological polar surface area (TPSA) is 42.2 Å². The Morgan fingerprint density at radius 1 is 1.38 bits per heavy atom. The number of para-hydroxylation sites is 1. The lowest BCUT2D eigenvalue weighted by Crippen LogP contribution is -2.06. The molecule has 0 bridgehead atoms. The zero-order valence-corrected chi connectivity index (χ0v) is 7.19. The van der Waals surface area contributed by atoms with Crippen molar-refractivity contribution in [1.29, 1.82) is 0 Å². The second-order valence-electron chi connectivity index (χ2n) is 2.98. The molecule has 0 saturated carbocycles. The van der Waals surface area contributed by atoms with E-state index in [1.165, 1.54) is 4.57 Å². The van der Waals surface area contributed by atoms with E-state index in [0.29, 0.717) is 0 Å². The zero-order chi connectivity index (χ0) is 9.42. The van der Waals surface area contributed by atoms with Gasteiger partial charge >= 0.3 is 6.09 Å². The normalized spacial score (nSPS) is 10.5. The van der Waals surface area contributed by atoms with Crippen molar-refractivity contribution in [2.24, 2.45) is 0 Å². The average Bonchev–Trinajstić information content (AvgIpc) is 2.49. The first-order chi connectivity index (χ1) is 6.20. The predicted molar refractivity (Wildman–Crippen MR) is 50.1 cm³/mol. The molecule has 0 spiro atoms. The molecule has 1 aromatic heterocycles. The molecule has 2 aromatic rings. The van der Waals surface area contributed by atoms with Crippen molar-refractivity contribution in [3.63, 3.8) is 0 Å². The molecule has 0 saturated heterocycles. The molecule has 0 unspecified atom stereocenters. The van der Waals surface area contributed by atoms with Crippen LogP contribution in [0.25, 0.3) is 10.9 Å². The van der Waals surface area contributed by atoms with Gasteiger partial charge in [-0.05, 0) is 18.6 Å². The fraction of sp³-hybridized carbons (Fsp3) is 0.100. The molecule has 0 aliphatic heterocycles. The first kappa shape index (κ1) is 7.86. The van der Waals surface area contributed by atoms with E-state index in [1.807, 2.05) is 25.1 Å². The van der Waals surface area contributed by atoms with Crippen molar-refractivity contribution in [3.8, 4) is 0 Å². The minimum Gasteiger partial charge on any atom is -0.464 e. The van der Waals surface area contributed by atoms with E-state index in [9.17, 15) is 4.79 Å². The quantitative estimate of drug-likeness (QED) is 0.668. The summed E-state index contributed by atoms with van der Waals surface area (Å²) in [7, 11) is 0. The van der Waals surface area contributed by atoms with Crippen LogP contribution < -0.4 is 0 Å². The monoisotopic (exact) mass is 175 g/mol. The second-order valence-corrected chi connectivity index (χ2v) is 2.98. The lowest BCUT2D eigenvalue weighted by Gasteiger charge is -2.00. The Bertz CT molecular complexity index is 471. The number of fused-ring (bicyclic) bond motifs is 1. The maximum atomic E-state index is 10.8. The third-order valence-corrected chi connectivity index (χ3v) is 2.12. The summed E-state index contributed by atoms with van der Waals surface area (Å²) in [4.78, 5) is 10.8. The summed E-state index contributed by atoms with van der Waals surface area (Å²) < 4.78 is 1.24. The lowest BCUT2D eigenvalue weighted by molar-refractivity contribution is 0.197. The van der Waals surface area contributed by atoms with E-state index in [4.69, 9.17) is 5.11 Å². The summed E-state index contributed by atoms with van der Waals surface area (Å²) in [6.07, 6.45) is 0.629. The molecule has 0 amide bonds. The van der Waals surface area contributed by atoms with Gasteiger partial charge in [-0.1, -0.05) is 18.2 Å². The van der Waals surface area contributed by atoms with Gasteiger partial charge in [-0.2, -0.15) is 0 Å². The van der Waals surface area contributed by atoms with Gasteiger partial charge in [-0.25, -0.2) is 4.79 Å².